The van der Waals surface area contributed by atoms with Crippen molar-refractivity contribution in [2.75, 3.05) is 40.3 Å². The van der Waals surface area contributed by atoms with Crippen molar-refractivity contribution in [1.29, 1.82) is 0 Å². The van der Waals surface area contributed by atoms with Crippen molar-refractivity contribution in [2.24, 2.45) is 10.9 Å². The van der Waals surface area contributed by atoms with Gasteiger partial charge in [0.25, 0.3) is 0 Å². The number of benzene rings is 1. The van der Waals surface area contributed by atoms with E-state index in [4.69, 9.17) is 4.74 Å². The molecule has 2 N–H and O–H groups in total. The minimum absolute atomic E-state index is 0. The average Bonchev–Trinajstić information content (AvgIpc) is 3.30. The molecule has 1 fully saturated rings. The molecule has 7 nitrogen and oxygen atoms in total. The first-order chi connectivity index (χ1) is 14.7. The molecule has 1 aromatic carbocycles. The minimum Gasteiger partial charge on any atom is -0.497 e. The van der Waals surface area contributed by atoms with E-state index in [0.29, 0.717) is 12.0 Å². The molecular weight excluding hydrogens is 503 g/mol. The maximum Gasteiger partial charge on any atom is 0.191 e. The zero-order valence-electron chi connectivity index (χ0n) is 19.0. The van der Waals surface area contributed by atoms with Gasteiger partial charge in [-0.1, -0.05) is 25.5 Å². The summed E-state index contributed by atoms with van der Waals surface area (Å²) in [4.78, 5) is 7.02. The number of nitrogens with one attached hydrogen (secondary N) is 2. The van der Waals surface area contributed by atoms with Gasteiger partial charge in [0.15, 0.2) is 5.96 Å². The average molecular weight is 540 g/mol. The molecule has 1 saturated heterocycles. The number of likely N-dealkylation sites (tertiary alicyclic amines) is 1. The van der Waals surface area contributed by atoms with Gasteiger partial charge in [0.1, 0.15) is 5.75 Å². The lowest BCUT2D eigenvalue weighted by molar-refractivity contribution is 0.164. The van der Waals surface area contributed by atoms with E-state index >= 15 is 0 Å². The Morgan fingerprint density at radius 3 is 2.45 bits per heavy atom. The van der Waals surface area contributed by atoms with Crippen LogP contribution in [0.3, 0.4) is 0 Å². The molecule has 2 heterocycles. The second-order valence-corrected chi connectivity index (χ2v) is 8.05. The van der Waals surface area contributed by atoms with E-state index in [1.165, 1.54) is 24.8 Å². The Morgan fingerprint density at radius 2 is 1.84 bits per heavy atom. The number of aromatic nitrogens is 2. The smallest absolute Gasteiger partial charge is 0.191 e. The van der Waals surface area contributed by atoms with E-state index in [0.717, 1.165) is 44.4 Å². The Kier molecular flexibility index (Phi) is 11.1. The van der Waals surface area contributed by atoms with Gasteiger partial charge in [-0.3, -0.25) is 14.6 Å². The summed E-state index contributed by atoms with van der Waals surface area (Å²) >= 11 is 0. The highest BCUT2D eigenvalue weighted by Gasteiger charge is 2.22. The molecule has 0 aliphatic carbocycles. The Hall–Kier alpha value is -1.81. The fraction of sp³-hybridized carbons (Fsp3) is 0.565. The number of hydrogen-bond donors (Lipinski definition) is 2. The summed E-state index contributed by atoms with van der Waals surface area (Å²) in [6.45, 7) is 7.06. The number of rotatable bonds is 9. The summed E-state index contributed by atoms with van der Waals surface area (Å²) in [6, 6.07) is 10.7. The van der Waals surface area contributed by atoms with Gasteiger partial charge in [-0.25, -0.2) is 0 Å². The highest BCUT2D eigenvalue weighted by Crippen LogP contribution is 2.25. The quantitative estimate of drug-likeness (QED) is 0.290. The molecule has 0 spiro atoms. The fourth-order valence-electron chi connectivity index (χ4n) is 3.99. The monoisotopic (exact) mass is 540 g/mol. The van der Waals surface area contributed by atoms with Crippen LogP contribution in [0.15, 0.2) is 47.7 Å². The van der Waals surface area contributed by atoms with Crippen LogP contribution in [-0.2, 0) is 6.54 Å². The summed E-state index contributed by atoms with van der Waals surface area (Å²) in [6.07, 6.45) is 7.69. The molecule has 0 amide bonds. The molecule has 0 bridgehead atoms. The number of guanidine groups is 1. The molecule has 3 rings (SSSR count). The molecule has 8 heteroatoms. The molecule has 1 aliphatic rings. The van der Waals surface area contributed by atoms with Gasteiger partial charge in [0, 0.05) is 39.1 Å². The number of piperidine rings is 1. The van der Waals surface area contributed by atoms with Crippen LogP contribution < -0.4 is 15.4 Å². The van der Waals surface area contributed by atoms with Crippen LogP contribution in [0.5, 0.6) is 5.75 Å². The fourth-order valence-corrected chi connectivity index (χ4v) is 3.99. The summed E-state index contributed by atoms with van der Waals surface area (Å²) in [5, 5.41) is 11.3. The van der Waals surface area contributed by atoms with Crippen LogP contribution in [0.2, 0.25) is 0 Å². The first kappa shape index (κ1) is 25.5. The van der Waals surface area contributed by atoms with Crippen LogP contribution in [-0.4, -0.2) is 61.0 Å². The van der Waals surface area contributed by atoms with Crippen molar-refractivity contribution in [1.82, 2.24) is 25.3 Å². The van der Waals surface area contributed by atoms with Gasteiger partial charge >= 0.3 is 0 Å². The SMILES string of the molecule is CN=C(NCC(C)Cn1cccn1)NCC(c1ccc(OC)cc1)N1CCCCC1.I. The lowest BCUT2D eigenvalue weighted by Crippen LogP contribution is -2.45. The predicted molar refractivity (Wildman–Crippen MR) is 137 cm³/mol. The Bertz CT molecular complexity index is 759. The van der Waals surface area contributed by atoms with Gasteiger partial charge in [-0.2, -0.15) is 5.10 Å². The van der Waals surface area contributed by atoms with Crippen molar-refractivity contribution < 1.29 is 4.74 Å². The van der Waals surface area contributed by atoms with Crippen molar-refractivity contribution >= 4 is 29.9 Å². The molecule has 0 radical (unpaired) electrons. The first-order valence-electron chi connectivity index (χ1n) is 11.0. The third-order valence-corrected chi connectivity index (χ3v) is 5.69. The van der Waals surface area contributed by atoms with Gasteiger partial charge in [0.05, 0.1) is 13.2 Å². The van der Waals surface area contributed by atoms with E-state index in [2.05, 4.69) is 56.8 Å². The van der Waals surface area contributed by atoms with E-state index < -0.39 is 0 Å². The minimum atomic E-state index is 0. The van der Waals surface area contributed by atoms with E-state index in [9.17, 15) is 0 Å². The zero-order valence-corrected chi connectivity index (χ0v) is 21.3. The summed E-state index contributed by atoms with van der Waals surface area (Å²) in [5.41, 5.74) is 1.31. The van der Waals surface area contributed by atoms with Gasteiger partial charge in [0.2, 0.25) is 0 Å². The summed E-state index contributed by atoms with van der Waals surface area (Å²) < 4.78 is 7.31. The third-order valence-electron chi connectivity index (χ3n) is 5.69. The number of ether oxygens (including phenoxy) is 1. The first-order valence-corrected chi connectivity index (χ1v) is 11.0. The highest BCUT2D eigenvalue weighted by atomic mass is 127. The van der Waals surface area contributed by atoms with Crippen LogP contribution in [0, 0.1) is 5.92 Å². The number of halogens is 1. The molecule has 0 saturated carbocycles. The van der Waals surface area contributed by atoms with Crippen LogP contribution in [0.1, 0.15) is 37.8 Å². The molecule has 2 atom stereocenters. The summed E-state index contributed by atoms with van der Waals surface area (Å²) in [5.74, 6) is 2.19. The molecule has 1 aromatic heterocycles. The zero-order chi connectivity index (χ0) is 21.2. The molecule has 31 heavy (non-hydrogen) atoms. The molecule has 1 aliphatic heterocycles. The van der Waals surface area contributed by atoms with E-state index in [1.807, 2.05) is 30.2 Å². The standard InChI is InChI=1S/C23H36N6O.HI/c1-19(18-29-15-7-12-27-29)16-25-23(24-2)26-17-22(28-13-5-4-6-14-28)20-8-10-21(30-3)11-9-20;/h7-12,15,19,22H,4-6,13-14,16-18H2,1-3H3,(H2,24,25,26);1H. The number of methoxy groups -OCH3 is 1. The number of aliphatic imine (C=N–C) groups is 1. The molecular formula is C23H37IN6O. The van der Waals surface area contributed by atoms with Crippen molar-refractivity contribution in [3.63, 3.8) is 0 Å². The van der Waals surface area contributed by atoms with Crippen molar-refractivity contribution in [3.05, 3.63) is 48.3 Å². The Morgan fingerprint density at radius 1 is 1.13 bits per heavy atom. The number of hydrogen-bond acceptors (Lipinski definition) is 4. The largest absolute Gasteiger partial charge is 0.497 e. The second-order valence-electron chi connectivity index (χ2n) is 8.05. The molecule has 172 valence electrons. The lowest BCUT2D eigenvalue weighted by atomic mass is 10.0. The van der Waals surface area contributed by atoms with Crippen molar-refractivity contribution in [2.45, 2.75) is 38.8 Å². The third kappa shape index (κ3) is 7.99. The van der Waals surface area contributed by atoms with E-state index in [-0.39, 0.29) is 24.0 Å². The van der Waals surface area contributed by atoms with Gasteiger partial charge < -0.3 is 15.4 Å². The predicted octanol–water partition coefficient (Wildman–Crippen LogP) is 3.54. The second kappa shape index (κ2) is 13.6. The highest BCUT2D eigenvalue weighted by molar-refractivity contribution is 14.0. The number of nitrogens with zero attached hydrogens (tertiary/aromatic N) is 4. The maximum absolute atomic E-state index is 5.34. The van der Waals surface area contributed by atoms with Crippen LogP contribution >= 0.6 is 24.0 Å². The molecule has 2 aromatic rings. The van der Waals surface area contributed by atoms with Crippen LogP contribution in [0.25, 0.3) is 0 Å². The topological polar surface area (TPSA) is 66.7 Å². The van der Waals surface area contributed by atoms with Gasteiger partial charge in [-0.05, 0) is 55.6 Å². The normalized spacial score (nSPS) is 16.8. The lowest BCUT2D eigenvalue weighted by Gasteiger charge is -2.35. The van der Waals surface area contributed by atoms with E-state index in [1.54, 1.807) is 7.11 Å². The van der Waals surface area contributed by atoms with Crippen LogP contribution in [0.4, 0.5) is 0 Å². The Balaban J connectivity index is 0.00000341. The van der Waals surface area contributed by atoms with Crippen molar-refractivity contribution in [3.8, 4) is 5.75 Å². The Labute approximate surface area is 203 Å². The molecule has 2 unspecified atom stereocenters. The van der Waals surface area contributed by atoms with Gasteiger partial charge in [-0.15, -0.1) is 24.0 Å². The summed E-state index contributed by atoms with van der Waals surface area (Å²) in [7, 11) is 3.54. The maximum atomic E-state index is 5.34.